The molecule has 0 aromatic carbocycles. The zero-order valence-electron chi connectivity index (χ0n) is 10.6. The first-order valence-electron chi connectivity index (χ1n) is 6.34. The molecule has 3 atom stereocenters. The molecule has 0 bridgehead atoms. The summed E-state index contributed by atoms with van der Waals surface area (Å²) >= 11 is 3.51. The number of alkyl halides is 1. The van der Waals surface area contributed by atoms with Crippen LogP contribution in [-0.4, -0.2) is 65.5 Å². The van der Waals surface area contributed by atoms with E-state index in [0.717, 1.165) is 32.7 Å². The van der Waals surface area contributed by atoms with E-state index < -0.39 is 0 Å². The van der Waals surface area contributed by atoms with Crippen molar-refractivity contribution in [3.05, 3.63) is 0 Å². The maximum absolute atomic E-state index is 11.6. The lowest BCUT2D eigenvalue weighted by Crippen LogP contribution is -2.48. The second-order valence-corrected chi connectivity index (χ2v) is 6.45. The molecular weight excluding hydrogens is 284 g/mol. The molecule has 98 valence electrons. The number of rotatable bonds is 3. The predicted octanol–water partition coefficient (Wildman–Crippen LogP) is 1.09. The molecule has 0 aromatic rings. The fraction of sp³-hybridized carbons (Fsp3) is 0.917. The van der Waals surface area contributed by atoms with Crippen LogP contribution in [0.2, 0.25) is 0 Å². The van der Waals surface area contributed by atoms with Crippen molar-refractivity contribution in [2.75, 3.05) is 32.7 Å². The molecule has 2 aliphatic rings. The van der Waals surface area contributed by atoms with Crippen LogP contribution in [0.5, 0.6) is 0 Å². The van der Waals surface area contributed by atoms with Crippen LogP contribution in [0.1, 0.15) is 20.3 Å². The Morgan fingerprint density at radius 3 is 2.41 bits per heavy atom. The van der Waals surface area contributed by atoms with Gasteiger partial charge in [0.2, 0.25) is 5.91 Å². The van der Waals surface area contributed by atoms with Crippen LogP contribution in [0, 0.1) is 0 Å². The van der Waals surface area contributed by atoms with E-state index in [0.29, 0.717) is 23.5 Å². The van der Waals surface area contributed by atoms with Gasteiger partial charge in [0, 0.05) is 44.0 Å². The molecule has 0 spiro atoms. The lowest BCUT2D eigenvalue weighted by molar-refractivity contribution is -0.128. The molecule has 0 saturated carbocycles. The Bertz CT molecular complexity index is 278. The summed E-state index contributed by atoms with van der Waals surface area (Å²) in [5.74, 6) is 0.279. The second kappa shape index (κ2) is 5.67. The summed E-state index contributed by atoms with van der Waals surface area (Å²) < 4.78 is 5.70. The van der Waals surface area contributed by atoms with Gasteiger partial charge in [-0.05, 0) is 13.8 Å². The minimum atomic E-state index is 0.279. The van der Waals surface area contributed by atoms with E-state index in [9.17, 15) is 4.79 Å². The first-order chi connectivity index (χ1) is 8.04. The van der Waals surface area contributed by atoms with E-state index in [1.807, 2.05) is 4.90 Å². The lowest BCUT2D eigenvalue weighted by Gasteiger charge is -2.36. The van der Waals surface area contributed by atoms with Crippen LogP contribution in [0.25, 0.3) is 0 Å². The average molecular weight is 305 g/mol. The molecule has 1 unspecified atom stereocenters. The number of hydrogen-bond donors (Lipinski definition) is 0. The highest BCUT2D eigenvalue weighted by Crippen LogP contribution is 2.18. The smallest absolute Gasteiger partial charge is 0.223 e. The Labute approximate surface area is 111 Å². The van der Waals surface area contributed by atoms with Gasteiger partial charge in [-0.1, -0.05) is 15.9 Å². The van der Waals surface area contributed by atoms with E-state index in [4.69, 9.17) is 4.74 Å². The summed E-state index contributed by atoms with van der Waals surface area (Å²) in [6.45, 7) is 8.84. The highest BCUT2D eigenvalue weighted by atomic mass is 79.9. The molecule has 2 aliphatic heterocycles. The van der Waals surface area contributed by atoms with Crippen molar-refractivity contribution in [3.8, 4) is 0 Å². The van der Waals surface area contributed by atoms with Gasteiger partial charge >= 0.3 is 0 Å². The normalized spacial score (nSPS) is 35.6. The molecule has 0 aromatic heterocycles. The molecular formula is C12H21BrN2O2. The molecule has 2 heterocycles. The predicted molar refractivity (Wildman–Crippen MR) is 70.4 cm³/mol. The zero-order valence-corrected chi connectivity index (χ0v) is 12.1. The Hall–Kier alpha value is -0.130. The first-order valence-corrected chi connectivity index (χ1v) is 7.26. The number of nitrogens with zero attached hydrogens (tertiary/aromatic N) is 2. The number of carbonyl (C=O) groups excluding carboxylic acids is 1. The summed E-state index contributed by atoms with van der Waals surface area (Å²) in [5.41, 5.74) is 0. The largest absolute Gasteiger partial charge is 0.373 e. The summed E-state index contributed by atoms with van der Waals surface area (Å²) in [7, 11) is 0. The Balaban J connectivity index is 1.76. The van der Waals surface area contributed by atoms with Crippen molar-refractivity contribution in [1.29, 1.82) is 0 Å². The number of amides is 1. The third kappa shape index (κ3) is 3.66. The topological polar surface area (TPSA) is 32.8 Å². The summed E-state index contributed by atoms with van der Waals surface area (Å²) in [5, 5.41) is 0. The van der Waals surface area contributed by atoms with E-state index in [1.54, 1.807) is 0 Å². The van der Waals surface area contributed by atoms with Gasteiger partial charge in [0.15, 0.2) is 0 Å². The molecule has 0 aliphatic carbocycles. The standard InChI is InChI=1S/C12H21BrN2O2/c1-9-6-14(7-10(2)17-9)3-4-15-8-11(13)5-12(15)16/h9-11H,3-8H2,1-2H3/t9-,10+,11?. The van der Waals surface area contributed by atoms with E-state index in [-0.39, 0.29) is 5.91 Å². The summed E-state index contributed by atoms with van der Waals surface area (Å²) in [6, 6.07) is 0. The highest BCUT2D eigenvalue weighted by Gasteiger charge is 2.28. The molecule has 2 rings (SSSR count). The number of morpholine rings is 1. The minimum Gasteiger partial charge on any atom is -0.373 e. The molecule has 1 amide bonds. The molecule has 4 nitrogen and oxygen atoms in total. The first kappa shape index (κ1) is 13.3. The number of halogens is 1. The van der Waals surface area contributed by atoms with Crippen LogP contribution < -0.4 is 0 Å². The van der Waals surface area contributed by atoms with Crippen LogP contribution in [-0.2, 0) is 9.53 Å². The van der Waals surface area contributed by atoms with Gasteiger partial charge in [0.25, 0.3) is 0 Å². The van der Waals surface area contributed by atoms with Crippen molar-refractivity contribution in [2.24, 2.45) is 0 Å². The Morgan fingerprint density at radius 2 is 1.88 bits per heavy atom. The Morgan fingerprint density at radius 1 is 1.24 bits per heavy atom. The van der Waals surface area contributed by atoms with Crippen LogP contribution in [0.4, 0.5) is 0 Å². The van der Waals surface area contributed by atoms with Crippen molar-refractivity contribution in [2.45, 2.75) is 37.3 Å². The van der Waals surface area contributed by atoms with Crippen molar-refractivity contribution in [3.63, 3.8) is 0 Å². The van der Waals surface area contributed by atoms with Gasteiger partial charge in [0.05, 0.1) is 12.2 Å². The van der Waals surface area contributed by atoms with Gasteiger partial charge in [-0.2, -0.15) is 0 Å². The number of hydrogen-bond acceptors (Lipinski definition) is 3. The van der Waals surface area contributed by atoms with Gasteiger partial charge < -0.3 is 9.64 Å². The molecule has 2 saturated heterocycles. The highest BCUT2D eigenvalue weighted by molar-refractivity contribution is 9.09. The van der Waals surface area contributed by atoms with Crippen LogP contribution >= 0.6 is 15.9 Å². The van der Waals surface area contributed by atoms with E-state index >= 15 is 0 Å². The number of likely N-dealkylation sites (tertiary alicyclic amines) is 1. The minimum absolute atomic E-state index is 0.279. The second-order valence-electron chi connectivity index (χ2n) is 5.16. The van der Waals surface area contributed by atoms with Crippen LogP contribution in [0.3, 0.4) is 0 Å². The lowest BCUT2D eigenvalue weighted by atomic mass is 10.2. The zero-order chi connectivity index (χ0) is 12.4. The third-order valence-corrected chi connectivity index (χ3v) is 3.96. The summed E-state index contributed by atoms with van der Waals surface area (Å²) in [4.78, 5) is 16.3. The monoisotopic (exact) mass is 304 g/mol. The van der Waals surface area contributed by atoms with E-state index in [1.165, 1.54) is 0 Å². The fourth-order valence-corrected chi connectivity index (χ4v) is 3.30. The quantitative estimate of drug-likeness (QED) is 0.732. The van der Waals surface area contributed by atoms with Crippen molar-refractivity contribution >= 4 is 21.8 Å². The molecule has 0 radical (unpaired) electrons. The molecule has 5 heteroatoms. The maximum atomic E-state index is 11.6. The van der Waals surface area contributed by atoms with Crippen molar-refractivity contribution < 1.29 is 9.53 Å². The number of ether oxygens (including phenoxy) is 1. The Kier molecular flexibility index (Phi) is 4.44. The molecule has 2 fully saturated rings. The fourth-order valence-electron chi connectivity index (χ4n) is 2.67. The van der Waals surface area contributed by atoms with E-state index in [2.05, 4.69) is 34.7 Å². The van der Waals surface area contributed by atoms with Gasteiger partial charge in [-0.25, -0.2) is 0 Å². The number of carbonyl (C=O) groups is 1. The van der Waals surface area contributed by atoms with Gasteiger partial charge in [-0.15, -0.1) is 0 Å². The van der Waals surface area contributed by atoms with Gasteiger partial charge in [-0.3, -0.25) is 9.69 Å². The van der Waals surface area contributed by atoms with Crippen molar-refractivity contribution in [1.82, 2.24) is 9.80 Å². The summed E-state index contributed by atoms with van der Waals surface area (Å²) in [6.07, 6.45) is 1.25. The average Bonchev–Trinajstić information content (AvgIpc) is 2.53. The molecule has 0 N–H and O–H groups in total. The third-order valence-electron chi connectivity index (χ3n) is 3.35. The van der Waals surface area contributed by atoms with Gasteiger partial charge in [0.1, 0.15) is 0 Å². The van der Waals surface area contributed by atoms with Crippen LogP contribution in [0.15, 0.2) is 0 Å². The maximum Gasteiger partial charge on any atom is 0.223 e. The molecule has 17 heavy (non-hydrogen) atoms. The SMILES string of the molecule is C[C@@H]1CN(CCN2CC(Br)CC2=O)C[C@H](C)O1.